The van der Waals surface area contributed by atoms with E-state index >= 15 is 0 Å². The summed E-state index contributed by atoms with van der Waals surface area (Å²) in [5, 5.41) is 7.79. The van der Waals surface area contributed by atoms with Crippen LogP contribution < -0.4 is 4.72 Å². The van der Waals surface area contributed by atoms with Crippen LogP contribution in [0.4, 0.5) is 10.1 Å². The highest BCUT2D eigenvalue weighted by Crippen LogP contribution is 2.27. The van der Waals surface area contributed by atoms with E-state index in [0.717, 1.165) is 12.1 Å². The van der Waals surface area contributed by atoms with E-state index in [1.807, 2.05) is 0 Å². The first-order valence-electron chi connectivity index (χ1n) is 6.69. The third-order valence-corrected chi connectivity index (χ3v) is 4.63. The predicted molar refractivity (Wildman–Crippen MR) is 83.6 cm³/mol. The molecular weight excluding hydrogens is 319 g/mol. The lowest BCUT2D eigenvalue weighted by atomic mass is 10.2. The van der Waals surface area contributed by atoms with Crippen molar-refractivity contribution in [1.82, 2.24) is 14.8 Å². The van der Waals surface area contributed by atoms with E-state index in [4.69, 9.17) is 0 Å². The molecule has 0 aliphatic heterocycles. The average Bonchev–Trinajstić information content (AvgIpc) is 2.94. The van der Waals surface area contributed by atoms with Gasteiger partial charge in [-0.2, -0.15) is 0 Å². The summed E-state index contributed by atoms with van der Waals surface area (Å²) >= 11 is 0. The number of para-hydroxylation sites is 1. The smallest absolute Gasteiger partial charge is 0.261 e. The highest BCUT2D eigenvalue weighted by atomic mass is 32.2. The van der Waals surface area contributed by atoms with Gasteiger partial charge in [-0.15, -0.1) is 10.2 Å². The molecule has 0 aliphatic rings. The van der Waals surface area contributed by atoms with Crippen molar-refractivity contribution in [3.05, 3.63) is 60.7 Å². The fraction of sp³-hybridized carbons (Fsp3) is 0.0667. The fourth-order valence-corrected chi connectivity index (χ4v) is 3.19. The number of anilines is 1. The van der Waals surface area contributed by atoms with Crippen LogP contribution in [0.3, 0.4) is 0 Å². The highest BCUT2D eigenvalue weighted by Gasteiger charge is 2.18. The molecule has 1 aromatic heterocycles. The molecule has 0 aliphatic carbocycles. The SMILES string of the molecule is Cn1cnnc1-c1ccccc1NS(=O)(=O)c1ccc(F)cc1. The van der Waals surface area contributed by atoms with Gasteiger partial charge in [0.15, 0.2) is 5.82 Å². The molecule has 0 saturated carbocycles. The van der Waals surface area contributed by atoms with Crippen molar-refractivity contribution < 1.29 is 12.8 Å². The van der Waals surface area contributed by atoms with E-state index in [9.17, 15) is 12.8 Å². The minimum atomic E-state index is -3.83. The predicted octanol–water partition coefficient (Wildman–Crippen LogP) is 2.42. The zero-order valence-corrected chi connectivity index (χ0v) is 13.0. The molecule has 1 heterocycles. The molecule has 1 N–H and O–H groups in total. The molecule has 0 fully saturated rings. The van der Waals surface area contributed by atoms with E-state index in [1.165, 1.54) is 18.5 Å². The van der Waals surface area contributed by atoms with E-state index in [-0.39, 0.29) is 4.90 Å². The van der Waals surface area contributed by atoms with Crippen LogP contribution in [0.15, 0.2) is 59.8 Å². The van der Waals surface area contributed by atoms with Crippen LogP contribution in [0.25, 0.3) is 11.4 Å². The number of aryl methyl sites for hydroxylation is 1. The van der Waals surface area contributed by atoms with Crippen molar-refractivity contribution in [3.63, 3.8) is 0 Å². The molecule has 6 nitrogen and oxygen atoms in total. The molecule has 0 atom stereocenters. The normalized spacial score (nSPS) is 11.4. The maximum Gasteiger partial charge on any atom is 0.261 e. The Kier molecular flexibility index (Phi) is 3.83. The van der Waals surface area contributed by atoms with Gasteiger partial charge >= 0.3 is 0 Å². The second kappa shape index (κ2) is 5.81. The van der Waals surface area contributed by atoms with E-state index in [2.05, 4.69) is 14.9 Å². The fourth-order valence-electron chi connectivity index (χ4n) is 2.11. The first-order chi connectivity index (χ1) is 11.0. The molecule has 0 unspecified atom stereocenters. The van der Waals surface area contributed by atoms with Gasteiger partial charge in [-0.1, -0.05) is 12.1 Å². The van der Waals surface area contributed by atoms with Crippen LogP contribution >= 0.6 is 0 Å². The molecule has 0 saturated heterocycles. The Hall–Kier alpha value is -2.74. The first-order valence-corrected chi connectivity index (χ1v) is 8.17. The number of halogens is 1. The quantitative estimate of drug-likeness (QED) is 0.796. The molecule has 8 heteroatoms. The van der Waals surface area contributed by atoms with Crippen molar-refractivity contribution in [2.24, 2.45) is 7.05 Å². The largest absolute Gasteiger partial charge is 0.317 e. The second-order valence-corrected chi connectivity index (χ2v) is 6.55. The van der Waals surface area contributed by atoms with Crippen LogP contribution in [0, 0.1) is 5.82 Å². The molecule has 0 radical (unpaired) electrons. The number of hydrogen-bond acceptors (Lipinski definition) is 4. The average molecular weight is 332 g/mol. The lowest BCUT2D eigenvalue weighted by Crippen LogP contribution is -2.14. The van der Waals surface area contributed by atoms with Gasteiger partial charge in [-0.05, 0) is 36.4 Å². The molecular formula is C15H13FN4O2S. The third kappa shape index (κ3) is 3.07. The number of rotatable bonds is 4. The Labute approximate surface area is 132 Å². The van der Waals surface area contributed by atoms with Gasteiger partial charge < -0.3 is 4.57 Å². The number of sulfonamides is 1. The van der Waals surface area contributed by atoms with Crippen molar-refractivity contribution in [2.45, 2.75) is 4.90 Å². The van der Waals surface area contributed by atoms with Gasteiger partial charge in [0, 0.05) is 12.6 Å². The van der Waals surface area contributed by atoms with Crippen LogP contribution in [0.5, 0.6) is 0 Å². The molecule has 118 valence electrons. The van der Waals surface area contributed by atoms with Gasteiger partial charge in [-0.25, -0.2) is 12.8 Å². The van der Waals surface area contributed by atoms with Crippen molar-refractivity contribution in [2.75, 3.05) is 4.72 Å². The summed E-state index contributed by atoms with van der Waals surface area (Å²) in [5.41, 5.74) is 0.964. The van der Waals surface area contributed by atoms with E-state index in [0.29, 0.717) is 17.1 Å². The molecule has 0 amide bonds. The molecule has 3 rings (SSSR count). The van der Waals surface area contributed by atoms with Crippen LogP contribution in [0.2, 0.25) is 0 Å². The van der Waals surface area contributed by atoms with Gasteiger partial charge in [-0.3, -0.25) is 4.72 Å². The highest BCUT2D eigenvalue weighted by molar-refractivity contribution is 7.92. The Balaban J connectivity index is 2.01. The van der Waals surface area contributed by atoms with Gasteiger partial charge in [0.2, 0.25) is 0 Å². The standard InChI is InChI=1S/C15H13FN4O2S/c1-20-10-17-18-15(20)13-4-2-3-5-14(13)19-23(21,22)12-8-6-11(16)7-9-12/h2-10,19H,1H3. The number of hydrogen-bond donors (Lipinski definition) is 1. The van der Waals surface area contributed by atoms with Gasteiger partial charge in [0.05, 0.1) is 10.6 Å². The molecule has 0 spiro atoms. The summed E-state index contributed by atoms with van der Waals surface area (Å²) in [4.78, 5) is -0.0216. The molecule has 2 aromatic carbocycles. The Morgan fingerprint density at radius 3 is 2.43 bits per heavy atom. The Bertz CT molecular complexity index is 936. The molecule has 3 aromatic rings. The van der Waals surface area contributed by atoms with Crippen molar-refractivity contribution in [1.29, 1.82) is 0 Å². The van der Waals surface area contributed by atoms with E-state index in [1.54, 1.807) is 35.9 Å². The number of nitrogens with zero attached hydrogens (tertiary/aromatic N) is 3. The van der Waals surface area contributed by atoms with Gasteiger partial charge in [0.25, 0.3) is 10.0 Å². The Morgan fingerprint density at radius 1 is 1.09 bits per heavy atom. The lowest BCUT2D eigenvalue weighted by Gasteiger charge is -2.12. The summed E-state index contributed by atoms with van der Waals surface area (Å²) < 4.78 is 42.0. The summed E-state index contributed by atoms with van der Waals surface area (Å²) in [6.45, 7) is 0. The monoisotopic (exact) mass is 332 g/mol. The minimum absolute atomic E-state index is 0.0216. The topological polar surface area (TPSA) is 76.9 Å². The number of aromatic nitrogens is 3. The summed E-state index contributed by atoms with van der Waals surface area (Å²) in [6, 6.07) is 11.5. The molecule has 23 heavy (non-hydrogen) atoms. The van der Waals surface area contributed by atoms with Crippen LogP contribution in [-0.4, -0.2) is 23.2 Å². The summed E-state index contributed by atoms with van der Waals surface area (Å²) in [7, 11) is -2.07. The maximum absolute atomic E-state index is 13.0. The second-order valence-electron chi connectivity index (χ2n) is 4.87. The third-order valence-electron chi connectivity index (χ3n) is 3.25. The lowest BCUT2D eigenvalue weighted by molar-refractivity contribution is 0.599. The Morgan fingerprint density at radius 2 is 1.78 bits per heavy atom. The minimum Gasteiger partial charge on any atom is -0.317 e. The number of benzene rings is 2. The van der Waals surface area contributed by atoms with E-state index < -0.39 is 15.8 Å². The maximum atomic E-state index is 13.0. The van der Waals surface area contributed by atoms with Gasteiger partial charge in [0.1, 0.15) is 12.1 Å². The first kappa shape index (κ1) is 15.2. The van der Waals surface area contributed by atoms with Crippen molar-refractivity contribution >= 4 is 15.7 Å². The summed E-state index contributed by atoms with van der Waals surface area (Å²) in [6.07, 6.45) is 1.53. The molecule has 0 bridgehead atoms. The van der Waals surface area contributed by atoms with Crippen molar-refractivity contribution in [3.8, 4) is 11.4 Å². The number of nitrogens with one attached hydrogen (secondary N) is 1. The zero-order chi connectivity index (χ0) is 16.4. The van der Waals surface area contributed by atoms with Crippen LogP contribution in [-0.2, 0) is 17.1 Å². The zero-order valence-electron chi connectivity index (χ0n) is 12.1. The van der Waals surface area contributed by atoms with Crippen LogP contribution in [0.1, 0.15) is 0 Å². The summed E-state index contributed by atoms with van der Waals surface area (Å²) in [5.74, 6) is 0.0332.